The van der Waals surface area contributed by atoms with Gasteiger partial charge in [0.15, 0.2) is 0 Å². The summed E-state index contributed by atoms with van der Waals surface area (Å²) in [5, 5.41) is 3.34. The Morgan fingerprint density at radius 2 is 2.05 bits per heavy atom. The number of halogens is 2. The fourth-order valence-electron chi connectivity index (χ4n) is 1.56. The summed E-state index contributed by atoms with van der Waals surface area (Å²) in [6.45, 7) is 1.88. The SMILES string of the molecule is CCOC(=O)N[C@@H](Cc1ccc(Cl)cc1Cl)C(=O)OC. The van der Waals surface area contributed by atoms with Crippen LogP contribution in [0.25, 0.3) is 0 Å². The van der Waals surface area contributed by atoms with Crippen LogP contribution >= 0.6 is 23.2 Å². The van der Waals surface area contributed by atoms with E-state index in [0.29, 0.717) is 15.6 Å². The monoisotopic (exact) mass is 319 g/mol. The van der Waals surface area contributed by atoms with Gasteiger partial charge in [-0.1, -0.05) is 29.3 Å². The molecule has 0 aliphatic rings. The molecule has 5 nitrogen and oxygen atoms in total. The van der Waals surface area contributed by atoms with Gasteiger partial charge in [-0.2, -0.15) is 0 Å². The summed E-state index contributed by atoms with van der Waals surface area (Å²) in [5.74, 6) is -0.580. The number of benzene rings is 1. The Morgan fingerprint density at radius 1 is 1.35 bits per heavy atom. The standard InChI is InChI=1S/C13H15Cl2NO4/c1-3-20-13(18)16-11(12(17)19-2)6-8-4-5-9(14)7-10(8)15/h4-5,7,11H,3,6H2,1-2H3,(H,16,18)/t11-/m0/s1. The maximum absolute atomic E-state index is 11.7. The molecular weight excluding hydrogens is 305 g/mol. The van der Waals surface area contributed by atoms with Gasteiger partial charge in [0.2, 0.25) is 0 Å². The van der Waals surface area contributed by atoms with Gasteiger partial charge in [0.1, 0.15) is 6.04 Å². The average Bonchev–Trinajstić information content (AvgIpc) is 2.40. The van der Waals surface area contributed by atoms with Crippen LogP contribution in [-0.2, 0) is 20.7 Å². The largest absolute Gasteiger partial charge is 0.467 e. The van der Waals surface area contributed by atoms with Crippen LogP contribution in [-0.4, -0.2) is 31.8 Å². The highest BCUT2D eigenvalue weighted by atomic mass is 35.5. The van der Waals surface area contributed by atoms with Crippen molar-refractivity contribution in [3.63, 3.8) is 0 Å². The summed E-state index contributed by atoms with van der Waals surface area (Å²) < 4.78 is 9.39. The molecule has 0 aliphatic heterocycles. The second-order valence-electron chi connectivity index (χ2n) is 3.88. The molecule has 0 aromatic heterocycles. The molecule has 0 spiro atoms. The van der Waals surface area contributed by atoms with Crippen LogP contribution in [0, 0.1) is 0 Å². The van der Waals surface area contributed by atoms with Crippen LogP contribution in [0.5, 0.6) is 0 Å². The Labute approximate surface area is 127 Å². The van der Waals surface area contributed by atoms with Gasteiger partial charge in [0, 0.05) is 16.5 Å². The molecule has 1 N–H and O–H groups in total. The highest BCUT2D eigenvalue weighted by Crippen LogP contribution is 2.22. The van der Waals surface area contributed by atoms with Crippen molar-refractivity contribution in [1.29, 1.82) is 0 Å². The smallest absolute Gasteiger partial charge is 0.407 e. The van der Waals surface area contributed by atoms with E-state index < -0.39 is 18.1 Å². The number of nitrogens with one attached hydrogen (secondary N) is 1. The average molecular weight is 320 g/mol. The third-order valence-electron chi connectivity index (χ3n) is 2.49. The molecule has 1 rings (SSSR count). The Hall–Kier alpha value is -1.46. The molecule has 1 aromatic rings. The zero-order chi connectivity index (χ0) is 15.1. The minimum atomic E-state index is -0.877. The first-order chi connectivity index (χ1) is 9.47. The number of alkyl carbamates (subject to hydrolysis) is 1. The van der Waals surface area contributed by atoms with E-state index in [2.05, 4.69) is 10.1 Å². The quantitative estimate of drug-likeness (QED) is 0.847. The molecule has 0 saturated heterocycles. The number of rotatable bonds is 5. The van der Waals surface area contributed by atoms with Crippen LogP contribution in [0.1, 0.15) is 12.5 Å². The Bertz CT molecular complexity index is 493. The van der Waals surface area contributed by atoms with E-state index in [4.69, 9.17) is 27.9 Å². The molecule has 0 fully saturated rings. The molecule has 1 aromatic carbocycles. The summed E-state index contributed by atoms with van der Waals surface area (Å²) in [4.78, 5) is 23.1. The van der Waals surface area contributed by atoms with Crippen molar-refractivity contribution in [1.82, 2.24) is 5.32 Å². The van der Waals surface area contributed by atoms with Crippen molar-refractivity contribution in [2.45, 2.75) is 19.4 Å². The van der Waals surface area contributed by atoms with Crippen molar-refractivity contribution in [2.24, 2.45) is 0 Å². The molecule has 110 valence electrons. The normalized spacial score (nSPS) is 11.6. The predicted molar refractivity (Wildman–Crippen MR) is 76.1 cm³/mol. The van der Waals surface area contributed by atoms with Crippen LogP contribution in [0.3, 0.4) is 0 Å². The maximum Gasteiger partial charge on any atom is 0.407 e. The summed E-state index contributed by atoms with van der Waals surface area (Å²) >= 11 is 11.8. The number of hydrogen-bond acceptors (Lipinski definition) is 4. The van der Waals surface area contributed by atoms with Gasteiger partial charge in [-0.3, -0.25) is 0 Å². The summed E-state index contributed by atoms with van der Waals surface area (Å²) in [5.41, 5.74) is 0.670. The fraction of sp³-hybridized carbons (Fsp3) is 0.385. The highest BCUT2D eigenvalue weighted by Gasteiger charge is 2.23. The number of hydrogen-bond donors (Lipinski definition) is 1. The van der Waals surface area contributed by atoms with E-state index in [0.717, 1.165) is 0 Å². The molecule has 1 amide bonds. The van der Waals surface area contributed by atoms with E-state index in [1.54, 1.807) is 25.1 Å². The number of methoxy groups -OCH3 is 1. The summed E-state index contributed by atoms with van der Waals surface area (Å²) in [6.07, 6.45) is -0.505. The van der Waals surface area contributed by atoms with Crippen LogP contribution in [0.15, 0.2) is 18.2 Å². The molecular formula is C13H15Cl2NO4. The number of carbonyl (C=O) groups excluding carboxylic acids is 2. The van der Waals surface area contributed by atoms with E-state index in [9.17, 15) is 9.59 Å². The topological polar surface area (TPSA) is 64.6 Å². The van der Waals surface area contributed by atoms with E-state index in [1.165, 1.54) is 7.11 Å². The van der Waals surface area contributed by atoms with Crippen LogP contribution < -0.4 is 5.32 Å². The van der Waals surface area contributed by atoms with E-state index in [1.807, 2.05) is 0 Å². The minimum absolute atomic E-state index is 0.182. The van der Waals surface area contributed by atoms with Crippen LogP contribution in [0.2, 0.25) is 10.0 Å². The van der Waals surface area contributed by atoms with E-state index >= 15 is 0 Å². The van der Waals surface area contributed by atoms with Crippen molar-refractivity contribution in [3.05, 3.63) is 33.8 Å². The Morgan fingerprint density at radius 3 is 2.60 bits per heavy atom. The number of ether oxygens (including phenoxy) is 2. The fourth-order valence-corrected chi connectivity index (χ4v) is 2.04. The zero-order valence-corrected chi connectivity index (χ0v) is 12.6. The van der Waals surface area contributed by atoms with Gasteiger partial charge in [0.25, 0.3) is 0 Å². The van der Waals surface area contributed by atoms with Gasteiger partial charge in [-0.15, -0.1) is 0 Å². The number of esters is 1. The lowest BCUT2D eigenvalue weighted by molar-refractivity contribution is -0.142. The lowest BCUT2D eigenvalue weighted by Crippen LogP contribution is -2.43. The molecule has 20 heavy (non-hydrogen) atoms. The summed E-state index contributed by atoms with van der Waals surface area (Å²) in [7, 11) is 1.24. The molecule has 7 heteroatoms. The zero-order valence-electron chi connectivity index (χ0n) is 11.1. The Kier molecular flexibility index (Phi) is 6.61. The second kappa shape index (κ2) is 7.97. The van der Waals surface area contributed by atoms with Crippen molar-refractivity contribution in [2.75, 3.05) is 13.7 Å². The molecule has 0 heterocycles. The van der Waals surface area contributed by atoms with Crippen LogP contribution in [0.4, 0.5) is 4.79 Å². The third-order valence-corrected chi connectivity index (χ3v) is 3.08. The lowest BCUT2D eigenvalue weighted by atomic mass is 10.1. The first-order valence-corrected chi connectivity index (χ1v) is 6.68. The van der Waals surface area contributed by atoms with Gasteiger partial charge in [-0.05, 0) is 24.6 Å². The number of amides is 1. The molecule has 1 atom stereocenters. The van der Waals surface area contributed by atoms with Gasteiger partial charge >= 0.3 is 12.1 Å². The molecule has 0 radical (unpaired) electrons. The van der Waals surface area contributed by atoms with Crippen molar-refractivity contribution < 1.29 is 19.1 Å². The number of carbonyl (C=O) groups is 2. The van der Waals surface area contributed by atoms with Gasteiger partial charge in [0.05, 0.1) is 13.7 Å². The molecule has 0 unspecified atom stereocenters. The van der Waals surface area contributed by atoms with E-state index in [-0.39, 0.29) is 13.0 Å². The highest BCUT2D eigenvalue weighted by molar-refractivity contribution is 6.35. The molecule has 0 aliphatic carbocycles. The lowest BCUT2D eigenvalue weighted by Gasteiger charge is -2.17. The molecule has 0 saturated carbocycles. The first-order valence-electron chi connectivity index (χ1n) is 5.93. The van der Waals surface area contributed by atoms with Gasteiger partial charge < -0.3 is 14.8 Å². The molecule has 0 bridgehead atoms. The minimum Gasteiger partial charge on any atom is -0.467 e. The maximum atomic E-state index is 11.7. The van der Waals surface area contributed by atoms with Crippen molar-refractivity contribution >= 4 is 35.3 Å². The first kappa shape index (κ1) is 16.6. The third kappa shape index (κ3) is 4.90. The second-order valence-corrected chi connectivity index (χ2v) is 4.72. The predicted octanol–water partition coefficient (Wildman–Crippen LogP) is 2.82. The van der Waals surface area contributed by atoms with Gasteiger partial charge in [-0.25, -0.2) is 9.59 Å². The summed E-state index contributed by atoms with van der Waals surface area (Å²) in [6, 6.07) is 4.03. The Balaban J connectivity index is 2.83. The van der Waals surface area contributed by atoms with Crippen molar-refractivity contribution in [3.8, 4) is 0 Å².